The van der Waals surface area contributed by atoms with Crippen molar-refractivity contribution in [1.29, 1.82) is 0 Å². The van der Waals surface area contributed by atoms with Crippen LogP contribution in [0.25, 0.3) is 0 Å². The van der Waals surface area contributed by atoms with E-state index in [1.54, 1.807) is 71.1 Å². The first-order valence-electron chi connectivity index (χ1n) is 49.8. The molecule has 5 heterocycles. The van der Waals surface area contributed by atoms with Gasteiger partial charge in [0.1, 0.15) is 12.4 Å². The van der Waals surface area contributed by atoms with Crippen LogP contribution in [0.5, 0.6) is 0 Å². The zero-order valence-corrected chi connectivity index (χ0v) is 82.1. The van der Waals surface area contributed by atoms with Gasteiger partial charge in [-0.15, -0.1) is 0 Å². The Balaban J connectivity index is 0.000000152. The molecule has 0 radical (unpaired) electrons. The van der Waals surface area contributed by atoms with Crippen molar-refractivity contribution in [3.8, 4) is 0 Å². The largest absolute Gasteiger partial charge is 0.481 e. The number of carboxylic acids is 1. The highest BCUT2D eigenvalue weighted by Crippen LogP contribution is 2.42. The average Bonchev–Trinajstić information content (AvgIpc) is 1.66. The molecule has 8 N–H and O–H groups in total. The van der Waals surface area contributed by atoms with E-state index in [0.717, 1.165) is 188 Å². The van der Waals surface area contributed by atoms with Crippen LogP contribution in [0.15, 0.2) is 257 Å². The Labute approximate surface area is 823 Å². The SMILES string of the molecule is CCCCC(OC(=S)n1ccnc1)[C@@H](CC1CC1)C(=O)N[C@H]1N=C(c2ccccc2)c2ccccc2N(C)C1=O.CCCCC[C@@H](CC1CC1)C(=O)N[C@H]1N=C(c2ccccc2)c2ccccc2N(C)C1=O.CCCC[C@H](O)[C@@H](CC1CC1)C(=O)N[C@H]1N=C(c2ccccc2)c2ccccc2N(C)C1=O.CCCC[C@H](O)[C@@H](CC1CC1)C(=O)O.CN1C(=O)[C@@H](N)N=C(c2ccccc2)c2ccccc21. The number of likely N-dealkylation sites (N-methyl/N-ethyl adjacent to an activating group) is 4. The number of ether oxygens (including phenoxy) is 1. The molecular weight excluding hydrogens is 1770 g/mol. The van der Waals surface area contributed by atoms with Crippen molar-refractivity contribution >= 4 is 110 Å². The number of hydrogen-bond acceptors (Lipinski definition) is 18. The Bertz CT molecular complexity index is 5770. The monoisotopic (exact) mass is 1900 g/mol. The first-order valence-corrected chi connectivity index (χ1v) is 50.2. The summed E-state index contributed by atoms with van der Waals surface area (Å²) in [6.45, 7) is 8.40. The van der Waals surface area contributed by atoms with Gasteiger partial charge in [0.2, 0.25) is 36.2 Å². The lowest BCUT2D eigenvalue weighted by molar-refractivity contribution is -0.146. The fraction of sp³-hybridized carbons (Fsp3) is 0.429. The second-order valence-electron chi connectivity index (χ2n) is 37.7. The molecule has 732 valence electrons. The molecule has 0 spiro atoms. The van der Waals surface area contributed by atoms with E-state index in [0.29, 0.717) is 73.6 Å². The van der Waals surface area contributed by atoms with E-state index in [1.165, 1.54) is 12.8 Å². The van der Waals surface area contributed by atoms with Crippen molar-refractivity contribution in [3.63, 3.8) is 0 Å². The van der Waals surface area contributed by atoms with Crippen LogP contribution < -0.4 is 41.3 Å². The van der Waals surface area contributed by atoms with Gasteiger partial charge in [-0.05, 0) is 112 Å². The highest BCUT2D eigenvalue weighted by Gasteiger charge is 2.43. The number of fused-ring (bicyclic) bond motifs is 4. The number of aromatic nitrogens is 2. The molecule has 9 aromatic rings. The van der Waals surface area contributed by atoms with Crippen LogP contribution in [0, 0.1) is 47.3 Å². The van der Waals surface area contributed by atoms with Gasteiger partial charge in [0.25, 0.3) is 28.8 Å². The molecule has 11 atom stereocenters. The number of aliphatic hydroxyl groups is 2. The van der Waals surface area contributed by atoms with Gasteiger partial charge in [0.15, 0.2) is 6.17 Å². The summed E-state index contributed by atoms with van der Waals surface area (Å²) in [5.74, 6) is -1.82. The van der Waals surface area contributed by atoms with E-state index in [9.17, 15) is 48.6 Å². The summed E-state index contributed by atoms with van der Waals surface area (Å²) >= 11 is 5.55. The standard InChI is InChI=1S/C31H35N5O3S.C27H33N3O3.C27H33N3O2.C16H15N3O.C11H20O3/c1-3-4-14-26(39-31(40)36-18-17-32-20-36)24(19-21-15-16-21)29(37)34-28-30(38)35(2)25-13-9-8-12-23(25)27(33-28)22-10-6-5-7-11-22;1-3-4-14-23(31)21(17-18-15-16-18)26(32)29-25-27(33)30(2)22-13-9-8-12-20(22)24(28-25)19-10-6-5-7-11-19;1-3-4-6-13-21(18-19-16-17-19)26(31)29-25-27(32)30(2)23-15-10-9-14-22(23)24(28-25)20-11-7-5-8-12-20;1-19-13-10-6-5-9-12(13)14(18-15(17)16(19)20)11-7-3-2-4-8-11;1-2-3-4-10(12)9(11(13)14)7-8-5-6-8/h5-13,17-18,20-21,24,26,28H,3-4,14-16,19H2,1-2H3,(H,34,37);5-13,18,21,23,25,31H,3-4,14-17H2,1-2H3,(H,29,32);5,7-12,14-15,19,21,25H,3-4,6,13,16-18H2,1-2H3,(H,29,31);2-10,15H,17H2,1H3;8-10,12H,2-7H2,1H3,(H,13,14)/t24-,26?,28-;21-,23+,25-;21-,25+;15-;9-,10+/m11001/s1. The number of carbonyl (C=O) groups is 8. The quantitative estimate of drug-likeness (QED) is 0.0142. The number of amides is 7. The molecule has 26 nitrogen and oxygen atoms in total. The maximum atomic E-state index is 14.0. The molecule has 139 heavy (non-hydrogen) atoms. The van der Waals surface area contributed by atoms with E-state index in [1.807, 2.05) is 225 Å². The first-order chi connectivity index (χ1) is 67.4. The van der Waals surface area contributed by atoms with E-state index >= 15 is 0 Å². The number of aliphatic hydroxyl groups excluding tert-OH is 2. The molecule has 8 aromatic carbocycles. The molecule has 17 rings (SSSR count). The number of hydrogen-bond donors (Lipinski definition) is 7. The van der Waals surface area contributed by atoms with E-state index in [4.69, 9.17) is 42.8 Å². The number of nitrogens with one attached hydrogen (secondary N) is 3. The van der Waals surface area contributed by atoms with Crippen LogP contribution in [-0.4, -0.2) is 171 Å². The van der Waals surface area contributed by atoms with Gasteiger partial charge in [0.05, 0.1) is 75.6 Å². The summed E-state index contributed by atoms with van der Waals surface area (Å²) in [6.07, 6.45) is 22.9. The van der Waals surface area contributed by atoms with Crippen molar-refractivity contribution in [2.45, 2.75) is 231 Å². The third-order valence-electron chi connectivity index (χ3n) is 27.0. The Morgan fingerprint density at radius 2 is 0.712 bits per heavy atom. The molecule has 7 amide bonds. The third kappa shape index (κ3) is 28.3. The maximum Gasteiger partial charge on any atom is 0.309 e. The number of benzodiazepines with no additional fused rings is 4. The second-order valence-corrected chi connectivity index (χ2v) is 38.1. The number of benzene rings is 8. The fourth-order valence-electron chi connectivity index (χ4n) is 18.2. The molecule has 8 aliphatic rings. The second kappa shape index (κ2) is 50.7. The van der Waals surface area contributed by atoms with Gasteiger partial charge < -0.3 is 61.3 Å². The van der Waals surface area contributed by atoms with Crippen molar-refractivity contribution in [2.75, 3.05) is 47.8 Å². The van der Waals surface area contributed by atoms with Crippen LogP contribution >= 0.6 is 12.2 Å². The minimum Gasteiger partial charge on any atom is -0.481 e. The number of nitrogens with zero attached hydrogens (tertiary/aromatic N) is 10. The number of imidazole rings is 1. The number of rotatable bonds is 36. The smallest absolute Gasteiger partial charge is 0.309 e. The maximum absolute atomic E-state index is 14.0. The molecule has 4 saturated carbocycles. The number of para-hydroxylation sites is 4. The molecule has 4 fully saturated rings. The number of carbonyl (C=O) groups excluding carboxylic acids is 7. The Morgan fingerprint density at radius 1 is 0.396 bits per heavy atom. The number of unbranched alkanes of at least 4 members (excludes halogenated alkanes) is 5. The van der Waals surface area contributed by atoms with Crippen LogP contribution in [0.3, 0.4) is 0 Å². The van der Waals surface area contributed by atoms with Crippen molar-refractivity contribution < 1.29 is 58.4 Å². The van der Waals surface area contributed by atoms with E-state index in [-0.39, 0.29) is 52.4 Å². The van der Waals surface area contributed by atoms with Crippen LogP contribution in [-0.2, 0) is 43.1 Å². The van der Waals surface area contributed by atoms with Crippen LogP contribution in [0.2, 0.25) is 0 Å². The lowest BCUT2D eigenvalue weighted by Gasteiger charge is -2.29. The lowest BCUT2D eigenvalue weighted by Crippen LogP contribution is -2.50. The lowest BCUT2D eigenvalue weighted by atomic mass is 9.91. The highest BCUT2D eigenvalue weighted by atomic mass is 32.1. The summed E-state index contributed by atoms with van der Waals surface area (Å²) in [4.78, 5) is 133. The van der Waals surface area contributed by atoms with Gasteiger partial charge in [-0.3, -0.25) is 47.9 Å². The number of aliphatic carboxylic acids is 1. The molecule has 27 heteroatoms. The summed E-state index contributed by atoms with van der Waals surface area (Å²) < 4.78 is 7.91. The van der Waals surface area contributed by atoms with Gasteiger partial charge >= 0.3 is 5.97 Å². The molecule has 4 aliphatic heterocycles. The average molecular weight is 1900 g/mol. The van der Waals surface area contributed by atoms with Crippen LogP contribution in [0.4, 0.5) is 22.7 Å². The van der Waals surface area contributed by atoms with Gasteiger partial charge in [-0.1, -0.05) is 331 Å². The normalized spacial score (nSPS) is 19.0. The predicted molar refractivity (Wildman–Crippen MR) is 552 cm³/mol. The van der Waals surface area contributed by atoms with E-state index < -0.39 is 66.7 Å². The zero-order valence-electron chi connectivity index (χ0n) is 81.3. The van der Waals surface area contributed by atoms with Crippen LogP contribution in [0.1, 0.15) is 233 Å². The molecule has 0 saturated heterocycles. The Morgan fingerprint density at radius 3 is 1.07 bits per heavy atom. The number of anilines is 4. The summed E-state index contributed by atoms with van der Waals surface area (Å²) in [7, 11) is 6.92. The molecule has 1 aromatic heterocycles. The Kier molecular flexibility index (Phi) is 37.8. The predicted octanol–water partition coefficient (Wildman–Crippen LogP) is 17.6. The summed E-state index contributed by atoms with van der Waals surface area (Å²) in [5.41, 5.74) is 19.0. The highest BCUT2D eigenvalue weighted by molar-refractivity contribution is 7.80. The van der Waals surface area contributed by atoms with Crippen molar-refractivity contribution in [1.82, 2.24) is 25.5 Å². The minimum absolute atomic E-state index is 0.0399. The molecule has 0 bridgehead atoms. The van der Waals surface area contributed by atoms with Gasteiger partial charge in [-0.2, -0.15) is 0 Å². The number of aliphatic imine (C=N–C) groups is 4. The molecular formula is C112H136N14O12S. The number of thiocarbonyl (C=S) groups is 1. The third-order valence-corrected chi connectivity index (χ3v) is 27.3. The van der Waals surface area contributed by atoms with Gasteiger partial charge in [-0.25, -0.2) is 20.0 Å². The van der Waals surface area contributed by atoms with Gasteiger partial charge in [0, 0.05) is 91.0 Å². The minimum atomic E-state index is -1.07. The summed E-state index contributed by atoms with van der Waals surface area (Å²) in [6, 6.07) is 69.9. The molecule has 1 unspecified atom stereocenters. The Hall–Kier alpha value is -12.8. The zero-order chi connectivity index (χ0) is 98.6. The van der Waals surface area contributed by atoms with Crippen molar-refractivity contribution in [3.05, 3.63) is 282 Å². The first kappa shape index (κ1) is 104. The number of nitrogens with two attached hydrogens (primary N) is 1. The fourth-order valence-corrected chi connectivity index (χ4v) is 18.4. The van der Waals surface area contributed by atoms with Crippen molar-refractivity contribution in [2.24, 2.45) is 73.0 Å². The topological polar surface area (TPSA) is 349 Å². The number of carboxylic acid groups (broad SMARTS) is 1. The summed E-state index contributed by atoms with van der Waals surface area (Å²) in [5, 5.41) is 38.6. The molecule has 4 aliphatic carbocycles. The van der Waals surface area contributed by atoms with E-state index in [2.05, 4.69) is 46.7 Å².